The highest BCUT2D eigenvalue weighted by atomic mass is 32.2. The van der Waals surface area contributed by atoms with Crippen LogP contribution < -0.4 is 14.9 Å². The lowest BCUT2D eigenvalue weighted by atomic mass is 10.2. The van der Waals surface area contributed by atoms with Gasteiger partial charge in [-0.2, -0.15) is 0 Å². The van der Waals surface area contributed by atoms with Crippen LogP contribution in [0.3, 0.4) is 0 Å². The number of anilines is 2. The van der Waals surface area contributed by atoms with Crippen LogP contribution in [-0.2, 0) is 14.8 Å². The minimum absolute atomic E-state index is 0.0509. The first-order chi connectivity index (χ1) is 13.4. The van der Waals surface area contributed by atoms with E-state index in [4.69, 9.17) is 0 Å². The zero-order valence-electron chi connectivity index (χ0n) is 15.2. The third-order valence-corrected chi connectivity index (χ3v) is 6.22. The van der Waals surface area contributed by atoms with Crippen molar-refractivity contribution in [3.8, 4) is 0 Å². The molecule has 0 radical (unpaired) electrons. The Labute approximate surface area is 163 Å². The molecule has 2 amide bonds. The Kier molecular flexibility index (Phi) is 4.80. The van der Waals surface area contributed by atoms with Crippen molar-refractivity contribution in [3.05, 3.63) is 54.1 Å². The molecule has 0 unspecified atom stereocenters. The van der Waals surface area contributed by atoms with E-state index in [9.17, 15) is 18.0 Å². The second-order valence-electron chi connectivity index (χ2n) is 7.08. The summed E-state index contributed by atoms with van der Waals surface area (Å²) in [5.41, 5.74) is 1.43. The first-order valence-electron chi connectivity index (χ1n) is 9.26. The summed E-state index contributed by atoms with van der Waals surface area (Å²) in [6.45, 7) is 0.652. The molecule has 0 spiro atoms. The Morgan fingerprint density at radius 3 is 2.46 bits per heavy atom. The Hall–Kier alpha value is -2.87. The van der Waals surface area contributed by atoms with Crippen molar-refractivity contribution in [1.82, 2.24) is 5.32 Å². The molecule has 1 heterocycles. The summed E-state index contributed by atoms with van der Waals surface area (Å²) in [6.07, 6.45) is 3.30. The molecular formula is C20H21N3O4S. The molecule has 2 fully saturated rings. The maximum Gasteiger partial charge on any atom is 0.261 e. The van der Waals surface area contributed by atoms with Crippen molar-refractivity contribution in [1.29, 1.82) is 0 Å². The van der Waals surface area contributed by atoms with E-state index in [1.807, 2.05) is 0 Å². The lowest BCUT2D eigenvalue weighted by molar-refractivity contribution is -0.117. The molecule has 2 N–H and O–H groups in total. The van der Waals surface area contributed by atoms with Crippen LogP contribution >= 0.6 is 0 Å². The number of hydrogen-bond donors (Lipinski definition) is 2. The molecule has 1 aliphatic carbocycles. The predicted molar refractivity (Wildman–Crippen MR) is 106 cm³/mol. The van der Waals surface area contributed by atoms with E-state index in [1.165, 1.54) is 18.2 Å². The molecule has 2 aromatic carbocycles. The van der Waals surface area contributed by atoms with Crippen LogP contribution in [-0.4, -0.2) is 32.8 Å². The largest absolute Gasteiger partial charge is 0.349 e. The Morgan fingerprint density at radius 1 is 1.07 bits per heavy atom. The average Bonchev–Trinajstić information content (AvgIpc) is 3.39. The van der Waals surface area contributed by atoms with Crippen LogP contribution in [0.2, 0.25) is 0 Å². The molecule has 0 bridgehead atoms. The van der Waals surface area contributed by atoms with E-state index in [1.54, 1.807) is 35.2 Å². The van der Waals surface area contributed by atoms with E-state index in [0.717, 1.165) is 19.3 Å². The van der Waals surface area contributed by atoms with E-state index in [0.29, 0.717) is 29.9 Å². The summed E-state index contributed by atoms with van der Waals surface area (Å²) in [5, 5.41) is 2.88. The van der Waals surface area contributed by atoms with Crippen molar-refractivity contribution in [2.24, 2.45) is 0 Å². The van der Waals surface area contributed by atoms with Crippen molar-refractivity contribution < 1.29 is 18.0 Å². The predicted octanol–water partition coefficient (Wildman–Crippen LogP) is 2.51. The van der Waals surface area contributed by atoms with E-state index in [2.05, 4.69) is 10.0 Å². The quantitative estimate of drug-likeness (QED) is 0.780. The lowest BCUT2D eigenvalue weighted by Gasteiger charge is -2.16. The average molecular weight is 399 g/mol. The minimum atomic E-state index is -3.81. The van der Waals surface area contributed by atoms with Gasteiger partial charge in [0.15, 0.2) is 0 Å². The van der Waals surface area contributed by atoms with Gasteiger partial charge in [-0.15, -0.1) is 0 Å². The molecule has 146 valence electrons. The van der Waals surface area contributed by atoms with Gasteiger partial charge in [0.25, 0.3) is 15.9 Å². The fourth-order valence-corrected chi connectivity index (χ4v) is 4.21. The molecule has 2 aromatic rings. The Balaban J connectivity index is 1.49. The topological polar surface area (TPSA) is 95.6 Å². The molecule has 2 aliphatic rings. The van der Waals surface area contributed by atoms with E-state index >= 15 is 0 Å². The molecule has 1 saturated carbocycles. The molecule has 4 rings (SSSR count). The summed E-state index contributed by atoms with van der Waals surface area (Å²) in [7, 11) is -3.81. The first kappa shape index (κ1) is 18.5. The van der Waals surface area contributed by atoms with Crippen LogP contribution in [0.25, 0.3) is 0 Å². The number of amides is 2. The Morgan fingerprint density at radius 2 is 1.82 bits per heavy atom. The van der Waals surface area contributed by atoms with Crippen molar-refractivity contribution in [3.63, 3.8) is 0 Å². The maximum absolute atomic E-state index is 12.7. The van der Waals surface area contributed by atoms with Gasteiger partial charge in [-0.3, -0.25) is 14.3 Å². The number of carbonyl (C=O) groups is 2. The second-order valence-corrected chi connectivity index (χ2v) is 8.76. The number of carbonyl (C=O) groups excluding carboxylic acids is 2. The third-order valence-electron chi connectivity index (χ3n) is 4.82. The number of nitrogens with zero attached hydrogens (tertiary/aromatic N) is 1. The number of sulfonamides is 1. The van der Waals surface area contributed by atoms with Gasteiger partial charge in [-0.05, 0) is 61.7 Å². The summed E-state index contributed by atoms with van der Waals surface area (Å²) >= 11 is 0. The molecule has 0 aromatic heterocycles. The van der Waals surface area contributed by atoms with Gasteiger partial charge in [0.1, 0.15) is 0 Å². The van der Waals surface area contributed by atoms with E-state index in [-0.39, 0.29) is 22.8 Å². The highest BCUT2D eigenvalue weighted by Gasteiger charge is 2.24. The Bertz CT molecular complexity index is 1010. The van der Waals surface area contributed by atoms with Crippen molar-refractivity contribution in [2.45, 2.75) is 36.6 Å². The normalized spacial score (nSPS) is 16.9. The standard InChI is InChI=1S/C20H21N3O4S/c24-19-5-2-12-23(19)17-8-10-18(11-9-17)28(26,27)22-16-4-1-3-14(13-16)20(25)21-15-6-7-15/h1,3-4,8-11,13,15,22H,2,5-7,12H2,(H,21,25). The summed E-state index contributed by atoms with van der Waals surface area (Å²) in [4.78, 5) is 25.7. The highest BCUT2D eigenvalue weighted by Crippen LogP contribution is 2.24. The van der Waals surface area contributed by atoms with Crippen LogP contribution in [0.5, 0.6) is 0 Å². The second kappa shape index (κ2) is 7.27. The van der Waals surface area contributed by atoms with Crippen LogP contribution in [0.1, 0.15) is 36.0 Å². The number of hydrogen-bond acceptors (Lipinski definition) is 4. The summed E-state index contributed by atoms with van der Waals surface area (Å²) in [6, 6.07) is 12.9. The molecule has 1 saturated heterocycles. The van der Waals surface area contributed by atoms with E-state index < -0.39 is 10.0 Å². The van der Waals surface area contributed by atoms with Gasteiger partial charge in [0, 0.05) is 35.9 Å². The molecule has 1 aliphatic heterocycles. The van der Waals surface area contributed by atoms with Crippen LogP contribution in [0, 0.1) is 0 Å². The van der Waals surface area contributed by atoms with Gasteiger partial charge in [-0.25, -0.2) is 8.42 Å². The zero-order chi connectivity index (χ0) is 19.7. The molecular weight excluding hydrogens is 378 g/mol. The van der Waals surface area contributed by atoms with Crippen LogP contribution in [0.15, 0.2) is 53.4 Å². The number of benzene rings is 2. The lowest BCUT2D eigenvalue weighted by Crippen LogP contribution is -2.25. The third kappa shape index (κ3) is 4.01. The fraction of sp³-hybridized carbons (Fsp3) is 0.300. The van der Waals surface area contributed by atoms with Gasteiger partial charge >= 0.3 is 0 Å². The summed E-state index contributed by atoms with van der Waals surface area (Å²) in [5.74, 6) is -0.154. The van der Waals surface area contributed by atoms with Crippen molar-refractivity contribution in [2.75, 3.05) is 16.2 Å². The summed E-state index contributed by atoms with van der Waals surface area (Å²) < 4.78 is 27.9. The first-order valence-corrected chi connectivity index (χ1v) is 10.7. The number of rotatable bonds is 6. The SMILES string of the molecule is O=C(NC1CC1)c1cccc(NS(=O)(=O)c2ccc(N3CCCC3=O)cc2)c1. The molecule has 0 atom stereocenters. The maximum atomic E-state index is 12.7. The number of nitrogens with one attached hydrogen (secondary N) is 2. The van der Waals surface area contributed by atoms with Crippen LogP contribution in [0.4, 0.5) is 11.4 Å². The molecule has 8 heteroatoms. The van der Waals surface area contributed by atoms with Gasteiger partial charge in [0.2, 0.25) is 5.91 Å². The fourth-order valence-electron chi connectivity index (χ4n) is 3.16. The minimum Gasteiger partial charge on any atom is -0.349 e. The molecule has 7 nitrogen and oxygen atoms in total. The van der Waals surface area contributed by atoms with Gasteiger partial charge in [-0.1, -0.05) is 6.07 Å². The van der Waals surface area contributed by atoms with Gasteiger partial charge < -0.3 is 10.2 Å². The zero-order valence-corrected chi connectivity index (χ0v) is 16.0. The highest BCUT2D eigenvalue weighted by molar-refractivity contribution is 7.92. The molecule has 28 heavy (non-hydrogen) atoms. The smallest absolute Gasteiger partial charge is 0.261 e. The van der Waals surface area contributed by atoms with Crippen molar-refractivity contribution >= 4 is 33.2 Å². The van der Waals surface area contributed by atoms with Gasteiger partial charge in [0.05, 0.1) is 4.90 Å². The monoisotopic (exact) mass is 399 g/mol.